The van der Waals surface area contributed by atoms with Gasteiger partial charge in [0.25, 0.3) is 0 Å². The van der Waals surface area contributed by atoms with Gasteiger partial charge in [0.15, 0.2) is 0 Å². The number of carbonyl (C=O) groups is 2. The third-order valence-electron chi connectivity index (χ3n) is 6.83. The number of rotatable bonds is 5. The fourth-order valence-electron chi connectivity index (χ4n) is 5.34. The molecule has 6 heteroatoms. The van der Waals surface area contributed by atoms with Gasteiger partial charge in [0.05, 0.1) is 19.3 Å². The van der Waals surface area contributed by atoms with E-state index in [2.05, 4.69) is 5.32 Å². The average Bonchev–Trinajstić information content (AvgIpc) is 2.93. The molecule has 1 atom stereocenters. The number of nitrogens with two attached hydrogens (primary N) is 1. The Morgan fingerprint density at radius 3 is 2.39 bits per heavy atom. The first kappa shape index (κ1) is 21.4. The van der Waals surface area contributed by atoms with E-state index >= 15 is 0 Å². The Bertz CT molecular complexity index is 978. The summed E-state index contributed by atoms with van der Waals surface area (Å²) < 4.78 is 10.7. The Balaban J connectivity index is 1.86. The van der Waals surface area contributed by atoms with Crippen LogP contribution in [-0.4, -0.2) is 25.5 Å². The summed E-state index contributed by atoms with van der Waals surface area (Å²) in [5.41, 5.74) is 8.31. The van der Waals surface area contributed by atoms with Crippen LogP contribution in [0.5, 0.6) is 11.5 Å². The molecular formula is C25H30N2O4. The Hall–Kier alpha value is -2.86. The summed E-state index contributed by atoms with van der Waals surface area (Å²) in [6.07, 6.45) is 6.66. The van der Waals surface area contributed by atoms with Crippen molar-refractivity contribution in [2.24, 2.45) is 11.7 Å². The van der Waals surface area contributed by atoms with Crippen LogP contribution in [0.3, 0.4) is 0 Å². The van der Waals surface area contributed by atoms with E-state index in [1.807, 2.05) is 31.2 Å². The summed E-state index contributed by atoms with van der Waals surface area (Å²) >= 11 is 0. The topological polar surface area (TPSA) is 90.6 Å². The predicted octanol–water partition coefficient (Wildman–Crippen LogP) is 4.08. The van der Waals surface area contributed by atoms with Crippen molar-refractivity contribution < 1.29 is 19.1 Å². The highest BCUT2D eigenvalue weighted by molar-refractivity contribution is 6.10. The third kappa shape index (κ3) is 3.59. The lowest BCUT2D eigenvalue weighted by atomic mass is 9.64. The Labute approximate surface area is 183 Å². The van der Waals surface area contributed by atoms with Gasteiger partial charge in [0.1, 0.15) is 16.9 Å². The second-order valence-corrected chi connectivity index (χ2v) is 8.47. The minimum Gasteiger partial charge on any atom is -0.496 e. The fourth-order valence-corrected chi connectivity index (χ4v) is 5.34. The Kier molecular flexibility index (Phi) is 6.01. The van der Waals surface area contributed by atoms with Gasteiger partial charge in [-0.25, -0.2) is 0 Å². The molecule has 2 aromatic carbocycles. The molecule has 2 aromatic rings. The van der Waals surface area contributed by atoms with E-state index in [4.69, 9.17) is 15.2 Å². The molecule has 0 radical (unpaired) electrons. The van der Waals surface area contributed by atoms with Crippen LogP contribution >= 0.6 is 0 Å². The van der Waals surface area contributed by atoms with Gasteiger partial charge >= 0.3 is 5.97 Å². The van der Waals surface area contributed by atoms with Gasteiger partial charge in [-0.2, -0.15) is 0 Å². The van der Waals surface area contributed by atoms with Gasteiger partial charge in [0.2, 0.25) is 5.91 Å². The number of anilines is 1. The van der Waals surface area contributed by atoms with E-state index in [0.29, 0.717) is 5.75 Å². The second-order valence-electron chi connectivity index (χ2n) is 8.47. The number of nitrogens with one attached hydrogen (secondary N) is 1. The quantitative estimate of drug-likeness (QED) is 0.430. The first-order valence-electron chi connectivity index (χ1n) is 11.0. The van der Waals surface area contributed by atoms with Crippen LogP contribution in [0.1, 0.15) is 55.2 Å². The molecule has 6 nitrogen and oxygen atoms in total. The van der Waals surface area contributed by atoms with Crippen LogP contribution < -0.4 is 20.5 Å². The first-order chi connectivity index (χ1) is 15.0. The van der Waals surface area contributed by atoms with Gasteiger partial charge in [-0.05, 0) is 55.0 Å². The van der Waals surface area contributed by atoms with E-state index in [1.54, 1.807) is 19.2 Å². The van der Waals surface area contributed by atoms with Crippen molar-refractivity contribution in [2.45, 2.75) is 50.9 Å². The average molecular weight is 423 g/mol. The number of hydrogen-bond acceptors (Lipinski definition) is 5. The summed E-state index contributed by atoms with van der Waals surface area (Å²) in [5, 5.41) is 3.18. The molecule has 1 heterocycles. The van der Waals surface area contributed by atoms with Crippen molar-refractivity contribution in [2.75, 3.05) is 19.0 Å². The maximum absolute atomic E-state index is 13.8. The molecule has 1 saturated carbocycles. The highest BCUT2D eigenvalue weighted by Crippen LogP contribution is 2.53. The van der Waals surface area contributed by atoms with Gasteiger partial charge in [-0.1, -0.05) is 43.9 Å². The molecule has 0 aromatic heterocycles. The standard InChI is InChI=1S/C25H30N2O4/c1-16-21(30-2)14-13-20-23(16)27-24(29)25(20,17-7-5-3-4-6-8-17)18-9-11-19(12-10-18)31-22(28)15-26/h9-14,17H,3-8,15,26H2,1-2H3,(H,27,29). The maximum Gasteiger partial charge on any atom is 0.325 e. The molecule has 0 bridgehead atoms. The molecule has 4 rings (SSSR count). The maximum atomic E-state index is 13.8. The summed E-state index contributed by atoms with van der Waals surface area (Å²) in [7, 11) is 1.64. The zero-order valence-electron chi connectivity index (χ0n) is 18.2. The number of amides is 1. The predicted molar refractivity (Wildman–Crippen MR) is 119 cm³/mol. The zero-order chi connectivity index (χ0) is 22.0. The van der Waals surface area contributed by atoms with E-state index in [-0.39, 0.29) is 18.4 Å². The number of methoxy groups -OCH3 is 1. The molecule has 0 spiro atoms. The Morgan fingerprint density at radius 1 is 1.10 bits per heavy atom. The van der Waals surface area contributed by atoms with Crippen molar-refractivity contribution in [3.05, 3.63) is 53.1 Å². The molecule has 3 N–H and O–H groups in total. The number of benzene rings is 2. The van der Waals surface area contributed by atoms with Gasteiger partial charge in [-0.15, -0.1) is 0 Å². The molecule has 1 unspecified atom stereocenters. The van der Waals surface area contributed by atoms with Gasteiger partial charge in [0, 0.05) is 5.56 Å². The third-order valence-corrected chi connectivity index (χ3v) is 6.83. The van der Waals surface area contributed by atoms with Crippen molar-refractivity contribution in [1.82, 2.24) is 0 Å². The van der Waals surface area contributed by atoms with Crippen molar-refractivity contribution in [1.29, 1.82) is 0 Å². The minimum absolute atomic E-state index is 0.0115. The molecule has 1 fully saturated rings. The van der Waals surface area contributed by atoms with Crippen LogP contribution in [0, 0.1) is 12.8 Å². The van der Waals surface area contributed by atoms with E-state index < -0.39 is 11.4 Å². The molecule has 2 aliphatic rings. The molecular weight excluding hydrogens is 392 g/mol. The van der Waals surface area contributed by atoms with Crippen molar-refractivity contribution in [3.63, 3.8) is 0 Å². The minimum atomic E-state index is -0.771. The lowest BCUT2D eigenvalue weighted by Gasteiger charge is -2.36. The normalized spacial score (nSPS) is 21.2. The van der Waals surface area contributed by atoms with Crippen LogP contribution in [0.25, 0.3) is 0 Å². The smallest absolute Gasteiger partial charge is 0.325 e. The Morgan fingerprint density at radius 2 is 1.77 bits per heavy atom. The summed E-state index contributed by atoms with van der Waals surface area (Å²) in [5.74, 6) is 0.913. The fraction of sp³-hybridized carbons (Fsp3) is 0.440. The number of hydrogen-bond donors (Lipinski definition) is 2. The van der Waals surface area contributed by atoms with Crippen LogP contribution in [0.15, 0.2) is 36.4 Å². The molecule has 1 aliphatic heterocycles. The van der Waals surface area contributed by atoms with E-state index in [1.165, 1.54) is 12.8 Å². The zero-order valence-corrected chi connectivity index (χ0v) is 18.2. The monoisotopic (exact) mass is 422 g/mol. The molecule has 1 amide bonds. The highest BCUT2D eigenvalue weighted by atomic mass is 16.5. The van der Waals surface area contributed by atoms with Gasteiger partial charge < -0.3 is 20.5 Å². The van der Waals surface area contributed by atoms with Crippen LogP contribution in [-0.2, 0) is 15.0 Å². The number of fused-ring (bicyclic) bond motifs is 1. The molecule has 31 heavy (non-hydrogen) atoms. The second kappa shape index (κ2) is 8.71. The first-order valence-corrected chi connectivity index (χ1v) is 11.0. The number of esters is 1. The highest BCUT2D eigenvalue weighted by Gasteiger charge is 2.53. The number of carbonyl (C=O) groups excluding carboxylic acids is 2. The SMILES string of the molecule is COc1ccc2c(c1C)NC(=O)C2(c1ccc(OC(=O)CN)cc1)C1CCCCCC1. The number of ether oxygens (including phenoxy) is 2. The molecule has 0 saturated heterocycles. The lowest BCUT2D eigenvalue weighted by molar-refractivity contribution is -0.132. The van der Waals surface area contributed by atoms with E-state index in [0.717, 1.165) is 53.8 Å². The summed E-state index contributed by atoms with van der Waals surface area (Å²) in [4.78, 5) is 25.3. The van der Waals surface area contributed by atoms with E-state index in [9.17, 15) is 9.59 Å². The van der Waals surface area contributed by atoms with Crippen LogP contribution in [0.2, 0.25) is 0 Å². The van der Waals surface area contributed by atoms with Crippen molar-refractivity contribution in [3.8, 4) is 11.5 Å². The summed E-state index contributed by atoms with van der Waals surface area (Å²) in [6, 6.07) is 11.3. The largest absolute Gasteiger partial charge is 0.496 e. The summed E-state index contributed by atoms with van der Waals surface area (Å²) in [6.45, 7) is 1.81. The van der Waals surface area contributed by atoms with Crippen LogP contribution in [0.4, 0.5) is 5.69 Å². The molecule has 164 valence electrons. The molecule has 1 aliphatic carbocycles. The van der Waals surface area contributed by atoms with Crippen molar-refractivity contribution >= 4 is 17.6 Å². The van der Waals surface area contributed by atoms with Gasteiger partial charge in [-0.3, -0.25) is 9.59 Å². The lowest BCUT2D eigenvalue weighted by Crippen LogP contribution is -2.43.